The predicted octanol–water partition coefficient (Wildman–Crippen LogP) is 4.93. The SMILES string of the molecule is Cc1nc2ccc(-n3ncc(C(=O)c4cc5cc(OCc6ccccc6)ccc5[nH]4)c3N)cc2[nH]1. The molecule has 0 amide bonds. The molecule has 4 N–H and O–H groups in total. The molecule has 0 bridgehead atoms. The number of ketones is 1. The molecule has 0 fully saturated rings. The predicted molar refractivity (Wildman–Crippen MR) is 135 cm³/mol. The number of benzene rings is 3. The zero-order valence-electron chi connectivity index (χ0n) is 18.9. The van der Waals surface area contributed by atoms with E-state index < -0.39 is 0 Å². The van der Waals surface area contributed by atoms with Crippen LogP contribution in [0.2, 0.25) is 0 Å². The molecule has 8 heteroatoms. The molecule has 0 aliphatic heterocycles. The molecule has 8 nitrogen and oxygen atoms in total. The first kappa shape index (κ1) is 20.7. The highest BCUT2D eigenvalue weighted by molar-refractivity contribution is 6.12. The van der Waals surface area contributed by atoms with Gasteiger partial charge in [0.05, 0.1) is 34.2 Å². The van der Waals surface area contributed by atoms with Crippen LogP contribution in [0.15, 0.2) is 79.0 Å². The highest BCUT2D eigenvalue weighted by Crippen LogP contribution is 2.26. The quantitative estimate of drug-likeness (QED) is 0.304. The van der Waals surface area contributed by atoms with Gasteiger partial charge in [0.15, 0.2) is 0 Å². The number of hydrogen-bond donors (Lipinski definition) is 3. The van der Waals surface area contributed by atoms with Crippen molar-refractivity contribution in [3.05, 3.63) is 102 Å². The lowest BCUT2D eigenvalue weighted by atomic mass is 10.1. The number of rotatable bonds is 6. The molecule has 3 aromatic carbocycles. The first-order valence-corrected chi connectivity index (χ1v) is 11.2. The van der Waals surface area contributed by atoms with Crippen LogP contribution in [-0.4, -0.2) is 30.5 Å². The van der Waals surface area contributed by atoms with Crippen molar-refractivity contribution in [3.63, 3.8) is 0 Å². The normalized spacial score (nSPS) is 11.3. The van der Waals surface area contributed by atoms with Crippen LogP contribution in [0.3, 0.4) is 0 Å². The summed E-state index contributed by atoms with van der Waals surface area (Å²) in [5.41, 5.74) is 11.5. The van der Waals surface area contributed by atoms with Gasteiger partial charge in [-0.1, -0.05) is 30.3 Å². The number of aromatic amines is 2. The number of nitrogens with two attached hydrogens (primary N) is 1. The molecule has 3 aromatic heterocycles. The van der Waals surface area contributed by atoms with E-state index >= 15 is 0 Å². The number of ether oxygens (including phenoxy) is 1. The van der Waals surface area contributed by atoms with Gasteiger partial charge in [0.1, 0.15) is 24.0 Å². The van der Waals surface area contributed by atoms with Crippen LogP contribution in [0.1, 0.15) is 27.4 Å². The summed E-state index contributed by atoms with van der Waals surface area (Å²) in [5.74, 6) is 1.61. The van der Waals surface area contributed by atoms with Crippen LogP contribution >= 0.6 is 0 Å². The number of imidazole rings is 1. The van der Waals surface area contributed by atoms with Gasteiger partial charge < -0.3 is 20.4 Å². The number of carbonyl (C=O) groups is 1. The molecule has 0 atom stereocenters. The Morgan fingerprint density at radius 3 is 2.71 bits per heavy atom. The standard InChI is InChI=1S/C27H22N6O2/c1-16-30-23-9-7-19(13-24(23)31-16)33-27(28)21(14-29-33)26(34)25-12-18-11-20(8-10-22(18)32-25)35-15-17-5-3-2-4-6-17/h2-14,32H,15,28H2,1H3,(H,30,31). The van der Waals surface area contributed by atoms with Gasteiger partial charge in [-0.3, -0.25) is 4.79 Å². The van der Waals surface area contributed by atoms with Crippen LogP contribution in [0.25, 0.3) is 27.6 Å². The van der Waals surface area contributed by atoms with Crippen LogP contribution in [0.4, 0.5) is 5.82 Å². The van der Waals surface area contributed by atoms with Crippen LogP contribution in [0.5, 0.6) is 5.75 Å². The summed E-state index contributed by atoms with van der Waals surface area (Å²) in [7, 11) is 0. The smallest absolute Gasteiger partial charge is 0.214 e. The van der Waals surface area contributed by atoms with Crippen molar-refractivity contribution in [2.24, 2.45) is 0 Å². The molecule has 172 valence electrons. The third-order valence-electron chi connectivity index (χ3n) is 5.96. The second kappa shape index (κ2) is 8.18. The average molecular weight is 463 g/mol. The lowest BCUT2D eigenvalue weighted by Gasteiger charge is -2.06. The maximum Gasteiger partial charge on any atom is 0.214 e. The minimum atomic E-state index is -0.227. The first-order valence-electron chi connectivity index (χ1n) is 11.2. The van der Waals surface area contributed by atoms with E-state index in [1.165, 1.54) is 6.20 Å². The van der Waals surface area contributed by atoms with Crippen molar-refractivity contribution in [2.75, 3.05) is 5.73 Å². The second-order valence-electron chi connectivity index (χ2n) is 8.41. The van der Waals surface area contributed by atoms with E-state index in [0.717, 1.165) is 44.8 Å². The molecule has 0 aliphatic carbocycles. The fraction of sp³-hybridized carbons (Fsp3) is 0.0741. The number of hydrogen-bond acceptors (Lipinski definition) is 5. The Morgan fingerprint density at radius 1 is 1.00 bits per heavy atom. The van der Waals surface area contributed by atoms with Gasteiger partial charge >= 0.3 is 0 Å². The van der Waals surface area contributed by atoms with Gasteiger partial charge in [-0.15, -0.1) is 0 Å². The molecule has 0 saturated carbocycles. The summed E-state index contributed by atoms with van der Waals surface area (Å²) in [4.78, 5) is 24.1. The number of nitrogens with zero attached hydrogens (tertiary/aromatic N) is 3. The van der Waals surface area contributed by atoms with E-state index in [1.54, 1.807) is 4.68 Å². The topological polar surface area (TPSA) is 115 Å². The van der Waals surface area contributed by atoms with Gasteiger partial charge in [-0.05, 0) is 55.0 Å². The lowest BCUT2D eigenvalue weighted by molar-refractivity contribution is 0.103. The number of H-pyrrole nitrogens is 2. The number of aryl methyl sites for hydroxylation is 1. The Kier molecular flexibility index (Phi) is 4.84. The van der Waals surface area contributed by atoms with Crippen molar-refractivity contribution in [1.29, 1.82) is 0 Å². The molecular formula is C27H22N6O2. The van der Waals surface area contributed by atoms with Crippen molar-refractivity contribution < 1.29 is 9.53 Å². The molecule has 35 heavy (non-hydrogen) atoms. The monoisotopic (exact) mass is 462 g/mol. The zero-order chi connectivity index (χ0) is 23.9. The Hall–Kier alpha value is -4.85. The molecular weight excluding hydrogens is 440 g/mol. The fourth-order valence-corrected chi connectivity index (χ4v) is 4.20. The van der Waals surface area contributed by atoms with Gasteiger partial charge in [0, 0.05) is 10.9 Å². The minimum absolute atomic E-state index is 0.227. The molecule has 0 unspecified atom stereocenters. The minimum Gasteiger partial charge on any atom is -0.489 e. The lowest BCUT2D eigenvalue weighted by Crippen LogP contribution is -2.07. The molecule has 6 aromatic rings. The molecule has 0 aliphatic rings. The number of nitrogens with one attached hydrogen (secondary N) is 2. The average Bonchev–Trinajstić information content (AvgIpc) is 3.57. The van der Waals surface area contributed by atoms with E-state index in [2.05, 4.69) is 20.1 Å². The van der Waals surface area contributed by atoms with E-state index in [0.29, 0.717) is 17.9 Å². The number of anilines is 1. The van der Waals surface area contributed by atoms with Crippen molar-refractivity contribution in [2.45, 2.75) is 13.5 Å². The maximum atomic E-state index is 13.3. The molecule has 0 saturated heterocycles. The summed E-state index contributed by atoms with van der Waals surface area (Å²) in [5, 5.41) is 5.25. The van der Waals surface area contributed by atoms with Crippen LogP contribution in [-0.2, 0) is 6.61 Å². The largest absolute Gasteiger partial charge is 0.489 e. The van der Waals surface area contributed by atoms with Gasteiger partial charge in [0.25, 0.3) is 0 Å². The summed E-state index contributed by atoms with van der Waals surface area (Å²) in [6.07, 6.45) is 1.50. The summed E-state index contributed by atoms with van der Waals surface area (Å²) < 4.78 is 7.48. The Balaban J connectivity index is 1.26. The Labute approximate surface area is 200 Å². The number of fused-ring (bicyclic) bond motifs is 2. The van der Waals surface area contributed by atoms with Crippen LogP contribution in [0, 0.1) is 6.92 Å². The van der Waals surface area contributed by atoms with Crippen molar-refractivity contribution >= 4 is 33.5 Å². The maximum absolute atomic E-state index is 13.3. The molecule has 3 heterocycles. The van der Waals surface area contributed by atoms with Gasteiger partial charge in [-0.25, -0.2) is 9.67 Å². The summed E-state index contributed by atoms with van der Waals surface area (Å²) in [6, 6.07) is 23.2. The third-order valence-corrected chi connectivity index (χ3v) is 5.96. The molecule has 0 radical (unpaired) electrons. The van der Waals surface area contributed by atoms with E-state index in [4.69, 9.17) is 10.5 Å². The Bertz CT molecular complexity index is 1690. The number of nitrogen functional groups attached to an aromatic ring is 1. The number of aromatic nitrogens is 5. The molecule has 6 rings (SSSR count). The molecule has 0 spiro atoms. The Morgan fingerprint density at radius 2 is 1.86 bits per heavy atom. The van der Waals surface area contributed by atoms with E-state index in [-0.39, 0.29) is 11.6 Å². The number of carbonyl (C=O) groups excluding carboxylic acids is 1. The summed E-state index contributed by atoms with van der Waals surface area (Å²) in [6.45, 7) is 2.37. The van der Waals surface area contributed by atoms with Gasteiger partial charge in [-0.2, -0.15) is 5.10 Å². The zero-order valence-corrected chi connectivity index (χ0v) is 18.9. The van der Waals surface area contributed by atoms with Crippen LogP contribution < -0.4 is 10.5 Å². The van der Waals surface area contributed by atoms with Crippen molar-refractivity contribution in [1.82, 2.24) is 24.7 Å². The summed E-state index contributed by atoms with van der Waals surface area (Å²) >= 11 is 0. The van der Waals surface area contributed by atoms with E-state index in [9.17, 15) is 4.79 Å². The van der Waals surface area contributed by atoms with Crippen molar-refractivity contribution in [3.8, 4) is 11.4 Å². The fourth-order valence-electron chi connectivity index (χ4n) is 4.20. The van der Waals surface area contributed by atoms with E-state index in [1.807, 2.05) is 79.7 Å². The highest BCUT2D eigenvalue weighted by Gasteiger charge is 2.20. The first-order chi connectivity index (χ1) is 17.0. The second-order valence-corrected chi connectivity index (χ2v) is 8.41. The highest BCUT2D eigenvalue weighted by atomic mass is 16.5. The third kappa shape index (κ3) is 3.80. The van der Waals surface area contributed by atoms with Gasteiger partial charge in [0.2, 0.25) is 5.78 Å².